The molecule has 1 aliphatic rings. The van der Waals surface area contributed by atoms with Crippen molar-refractivity contribution in [1.82, 2.24) is 10.2 Å². The Hall–Kier alpha value is -3.61. The molecule has 0 aromatic heterocycles. The highest BCUT2D eigenvalue weighted by Crippen LogP contribution is 2.29. The van der Waals surface area contributed by atoms with Gasteiger partial charge in [-0.15, -0.1) is 0 Å². The number of methoxy groups -OCH3 is 1. The lowest BCUT2D eigenvalue weighted by Crippen LogP contribution is -2.53. The van der Waals surface area contributed by atoms with Crippen LogP contribution in [0.1, 0.15) is 30.9 Å². The number of imide groups is 2. The summed E-state index contributed by atoms with van der Waals surface area (Å²) in [6.07, 6.45) is 3.39. The first kappa shape index (κ1) is 21.1. The number of carbonyl (C=O) groups excluding carboxylic acids is 3. The van der Waals surface area contributed by atoms with Gasteiger partial charge in [0.05, 0.1) is 20.3 Å². The molecule has 3 rings (SSSR count). The third-order valence-electron chi connectivity index (χ3n) is 4.62. The van der Waals surface area contributed by atoms with E-state index in [1.165, 1.54) is 13.2 Å². The van der Waals surface area contributed by atoms with Crippen LogP contribution in [0.4, 0.5) is 4.79 Å². The summed E-state index contributed by atoms with van der Waals surface area (Å²) in [5.74, 6) is -0.277. The van der Waals surface area contributed by atoms with Crippen LogP contribution in [0.5, 0.6) is 11.5 Å². The number of hydrogen-bond acceptors (Lipinski definition) is 5. The van der Waals surface area contributed by atoms with Crippen molar-refractivity contribution in [2.75, 3.05) is 13.7 Å². The van der Waals surface area contributed by atoms with Crippen LogP contribution in [0.2, 0.25) is 0 Å². The van der Waals surface area contributed by atoms with E-state index >= 15 is 0 Å². The van der Waals surface area contributed by atoms with Crippen molar-refractivity contribution in [1.29, 1.82) is 0 Å². The Labute approximate surface area is 175 Å². The lowest BCUT2D eigenvalue weighted by Gasteiger charge is -2.26. The number of hydrogen-bond donors (Lipinski definition) is 1. The van der Waals surface area contributed by atoms with Gasteiger partial charge in [-0.2, -0.15) is 0 Å². The monoisotopic (exact) mass is 408 g/mol. The zero-order valence-electron chi connectivity index (χ0n) is 17.0. The largest absolute Gasteiger partial charge is 0.493 e. The van der Waals surface area contributed by atoms with Crippen LogP contribution < -0.4 is 14.8 Å². The fraction of sp³-hybridized carbons (Fsp3) is 0.261. The van der Waals surface area contributed by atoms with E-state index < -0.39 is 17.8 Å². The summed E-state index contributed by atoms with van der Waals surface area (Å²) >= 11 is 0. The Balaban J connectivity index is 1.84. The predicted octanol–water partition coefficient (Wildman–Crippen LogP) is 3.54. The molecule has 0 radical (unpaired) electrons. The van der Waals surface area contributed by atoms with Crippen LogP contribution in [0, 0.1) is 0 Å². The predicted molar refractivity (Wildman–Crippen MR) is 112 cm³/mol. The molecule has 2 aromatic carbocycles. The van der Waals surface area contributed by atoms with Gasteiger partial charge in [0.2, 0.25) is 0 Å². The van der Waals surface area contributed by atoms with E-state index in [1.807, 2.05) is 30.3 Å². The lowest BCUT2D eigenvalue weighted by molar-refractivity contribution is -0.130. The van der Waals surface area contributed by atoms with Gasteiger partial charge in [-0.1, -0.05) is 49.7 Å². The van der Waals surface area contributed by atoms with Crippen molar-refractivity contribution in [3.8, 4) is 11.5 Å². The van der Waals surface area contributed by atoms with E-state index in [0.717, 1.165) is 23.3 Å². The third-order valence-corrected chi connectivity index (χ3v) is 4.62. The van der Waals surface area contributed by atoms with Crippen LogP contribution in [0.25, 0.3) is 6.08 Å². The number of ether oxygens (including phenoxy) is 2. The third kappa shape index (κ3) is 4.86. The van der Waals surface area contributed by atoms with Gasteiger partial charge in [0.25, 0.3) is 11.8 Å². The van der Waals surface area contributed by atoms with Crippen LogP contribution in [-0.2, 0) is 16.1 Å². The number of unbranched alkanes of at least 4 members (excludes halogenated alkanes) is 1. The SMILES string of the molecule is CCCCOc1ccc(/C=C2\C(=O)NC(=O)N(Cc3ccccc3)C2=O)cc1OC. The number of nitrogens with zero attached hydrogens (tertiary/aromatic N) is 1. The molecule has 0 spiro atoms. The van der Waals surface area contributed by atoms with Crippen LogP contribution >= 0.6 is 0 Å². The van der Waals surface area contributed by atoms with Crippen LogP contribution in [-0.4, -0.2) is 36.5 Å². The fourth-order valence-corrected chi connectivity index (χ4v) is 2.99. The summed E-state index contributed by atoms with van der Waals surface area (Å²) in [5.41, 5.74) is 1.25. The van der Waals surface area contributed by atoms with Gasteiger partial charge in [-0.3, -0.25) is 19.8 Å². The Kier molecular flexibility index (Phi) is 6.85. The van der Waals surface area contributed by atoms with Gasteiger partial charge in [0.15, 0.2) is 11.5 Å². The number of rotatable bonds is 8. The van der Waals surface area contributed by atoms with Crippen molar-refractivity contribution < 1.29 is 23.9 Å². The molecular formula is C23H24N2O5. The summed E-state index contributed by atoms with van der Waals surface area (Å²) in [5, 5.41) is 2.23. The maximum atomic E-state index is 12.9. The summed E-state index contributed by atoms with van der Waals surface area (Å²) in [6, 6.07) is 13.5. The molecule has 1 heterocycles. The highest BCUT2D eigenvalue weighted by Gasteiger charge is 2.35. The van der Waals surface area contributed by atoms with Gasteiger partial charge in [0, 0.05) is 0 Å². The summed E-state index contributed by atoms with van der Waals surface area (Å²) < 4.78 is 11.1. The molecule has 7 nitrogen and oxygen atoms in total. The zero-order chi connectivity index (χ0) is 21.5. The molecular weight excluding hydrogens is 384 g/mol. The Morgan fingerprint density at radius 3 is 2.50 bits per heavy atom. The molecule has 0 saturated carbocycles. The lowest BCUT2D eigenvalue weighted by atomic mass is 10.1. The summed E-state index contributed by atoms with van der Waals surface area (Å²) in [7, 11) is 1.53. The zero-order valence-corrected chi connectivity index (χ0v) is 17.0. The van der Waals surface area contributed by atoms with E-state index in [0.29, 0.717) is 23.7 Å². The first-order valence-corrected chi connectivity index (χ1v) is 9.77. The topological polar surface area (TPSA) is 84.9 Å². The Morgan fingerprint density at radius 1 is 1.03 bits per heavy atom. The standard InChI is InChI=1S/C23H24N2O5/c1-3-4-12-30-19-11-10-17(14-20(19)29-2)13-18-21(26)24-23(28)25(22(18)27)15-16-8-6-5-7-9-16/h5-11,13-14H,3-4,12,15H2,1-2H3,(H,24,26,28)/b18-13+. The van der Waals surface area contributed by atoms with Gasteiger partial charge in [-0.25, -0.2) is 4.79 Å². The molecule has 4 amide bonds. The molecule has 0 unspecified atom stereocenters. The Bertz CT molecular complexity index is 969. The average Bonchev–Trinajstić information content (AvgIpc) is 2.75. The van der Waals surface area contributed by atoms with Crippen molar-refractivity contribution in [2.24, 2.45) is 0 Å². The van der Waals surface area contributed by atoms with Crippen molar-refractivity contribution in [3.05, 3.63) is 65.2 Å². The Morgan fingerprint density at radius 2 is 1.80 bits per heavy atom. The molecule has 0 atom stereocenters. The summed E-state index contributed by atoms with van der Waals surface area (Å²) in [4.78, 5) is 38.4. The second-order valence-electron chi connectivity index (χ2n) is 6.81. The average molecular weight is 408 g/mol. The summed E-state index contributed by atoms with van der Waals surface area (Å²) in [6.45, 7) is 2.72. The number of barbiturate groups is 1. The molecule has 1 saturated heterocycles. The number of urea groups is 1. The minimum absolute atomic E-state index is 0.0731. The maximum absolute atomic E-state index is 12.9. The van der Waals surface area contributed by atoms with Gasteiger partial charge in [0.1, 0.15) is 5.57 Å². The molecule has 156 valence electrons. The molecule has 7 heteroatoms. The van der Waals surface area contributed by atoms with E-state index in [9.17, 15) is 14.4 Å². The van der Waals surface area contributed by atoms with E-state index in [4.69, 9.17) is 9.47 Å². The highest BCUT2D eigenvalue weighted by molar-refractivity contribution is 6.30. The van der Waals surface area contributed by atoms with Gasteiger partial charge in [-0.05, 0) is 35.8 Å². The first-order chi connectivity index (χ1) is 14.5. The van der Waals surface area contributed by atoms with Crippen LogP contribution in [0.15, 0.2) is 54.1 Å². The molecule has 0 aliphatic carbocycles. The highest BCUT2D eigenvalue weighted by atomic mass is 16.5. The van der Waals surface area contributed by atoms with Gasteiger partial charge < -0.3 is 9.47 Å². The minimum atomic E-state index is -0.733. The molecule has 1 fully saturated rings. The van der Waals surface area contributed by atoms with Crippen molar-refractivity contribution in [2.45, 2.75) is 26.3 Å². The second kappa shape index (κ2) is 9.73. The first-order valence-electron chi connectivity index (χ1n) is 9.77. The quantitative estimate of drug-likeness (QED) is 0.410. The fourth-order valence-electron chi connectivity index (χ4n) is 2.99. The number of amides is 4. The minimum Gasteiger partial charge on any atom is -0.493 e. The molecule has 1 aliphatic heterocycles. The van der Waals surface area contributed by atoms with Crippen molar-refractivity contribution in [3.63, 3.8) is 0 Å². The van der Waals surface area contributed by atoms with E-state index in [-0.39, 0.29) is 12.1 Å². The maximum Gasteiger partial charge on any atom is 0.331 e. The normalized spacial score (nSPS) is 15.3. The molecule has 30 heavy (non-hydrogen) atoms. The number of benzene rings is 2. The number of nitrogens with one attached hydrogen (secondary N) is 1. The number of carbonyl (C=O) groups is 3. The second-order valence-corrected chi connectivity index (χ2v) is 6.81. The van der Waals surface area contributed by atoms with E-state index in [2.05, 4.69) is 12.2 Å². The van der Waals surface area contributed by atoms with Crippen LogP contribution in [0.3, 0.4) is 0 Å². The smallest absolute Gasteiger partial charge is 0.331 e. The molecule has 1 N–H and O–H groups in total. The molecule has 2 aromatic rings. The van der Waals surface area contributed by atoms with E-state index in [1.54, 1.807) is 18.2 Å². The van der Waals surface area contributed by atoms with Gasteiger partial charge >= 0.3 is 6.03 Å². The molecule has 0 bridgehead atoms. The van der Waals surface area contributed by atoms with Crippen molar-refractivity contribution >= 4 is 23.9 Å².